The number of fused-ring (bicyclic) bond motifs is 12. The molecule has 226 valence electrons. The summed E-state index contributed by atoms with van der Waals surface area (Å²) in [5, 5.41) is 1.36. The maximum atomic E-state index is 2.47. The summed E-state index contributed by atoms with van der Waals surface area (Å²) < 4.78 is 1.36. The number of rotatable bonds is 5. The summed E-state index contributed by atoms with van der Waals surface area (Å²) in [7, 11) is 0. The van der Waals surface area contributed by atoms with Gasteiger partial charge in [0.2, 0.25) is 0 Å². The van der Waals surface area contributed by atoms with Crippen LogP contribution in [0, 0.1) is 0 Å². The molecule has 1 heteroatoms. The first-order valence-electron chi connectivity index (χ1n) is 16.9. The Balaban J connectivity index is 1.13. The smallest absolute Gasteiger partial charge is 0.0819 e. The molecule has 1 atom stereocenters. The molecule has 48 heavy (non-hydrogen) atoms. The fourth-order valence-corrected chi connectivity index (χ4v) is 10.0. The minimum Gasteiger partial charge on any atom is -0.138 e. The van der Waals surface area contributed by atoms with Crippen LogP contribution in [0.4, 0.5) is 0 Å². The van der Waals surface area contributed by atoms with Gasteiger partial charge in [0.15, 0.2) is 0 Å². The van der Waals surface area contributed by atoms with E-state index in [-0.39, 0.29) is 5.41 Å². The van der Waals surface area contributed by atoms with E-state index in [0.717, 1.165) is 6.42 Å². The van der Waals surface area contributed by atoms with E-state index in [1.807, 2.05) is 11.3 Å². The van der Waals surface area contributed by atoms with Crippen LogP contribution in [0.15, 0.2) is 176 Å². The van der Waals surface area contributed by atoms with E-state index in [4.69, 9.17) is 0 Å². The molecular weight excluding hydrogens is 597 g/mol. The highest BCUT2D eigenvalue weighted by molar-refractivity contribution is 7.20. The maximum absolute atomic E-state index is 2.47. The lowest BCUT2D eigenvalue weighted by molar-refractivity contribution is 0.805. The standard InChI is InChI=1S/C47H32S/c1-3-13-31(14-4-1)29-39(33-15-5-2-6-16-33)34-25-23-32(24-26-34)35-27-28-43-40(30-35)45-38-19-9-12-22-44(38)48-46(45)47(43)41-20-10-7-17-36(41)37-18-8-11-21-42(37)47/h1-28,30,39H,29H2. The van der Waals surface area contributed by atoms with Crippen molar-refractivity contribution in [1.29, 1.82) is 0 Å². The van der Waals surface area contributed by atoms with Crippen LogP contribution in [0.25, 0.3) is 43.5 Å². The van der Waals surface area contributed by atoms with Gasteiger partial charge in [0.1, 0.15) is 0 Å². The molecule has 10 rings (SSSR count). The van der Waals surface area contributed by atoms with Crippen molar-refractivity contribution in [1.82, 2.24) is 0 Å². The van der Waals surface area contributed by atoms with Gasteiger partial charge in [0.05, 0.1) is 5.41 Å². The second-order valence-corrected chi connectivity index (χ2v) is 14.2. The molecular formula is C47H32S. The van der Waals surface area contributed by atoms with Gasteiger partial charge in [-0.3, -0.25) is 0 Å². The van der Waals surface area contributed by atoms with Crippen molar-refractivity contribution >= 4 is 21.4 Å². The predicted molar refractivity (Wildman–Crippen MR) is 202 cm³/mol. The third-order valence-electron chi connectivity index (χ3n) is 10.7. The van der Waals surface area contributed by atoms with Crippen molar-refractivity contribution in [2.24, 2.45) is 0 Å². The first kappa shape index (κ1) is 27.6. The fourth-order valence-electron chi connectivity index (χ4n) is 8.60. The van der Waals surface area contributed by atoms with Crippen molar-refractivity contribution in [2.75, 3.05) is 0 Å². The summed E-state index contributed by atoms with van der Waals surface area (Å²) in [5.74, 6) is 0.296. The zero-order valence-electron chi connectivity index (χ0n) is 26.4. The minimum atomic E-state index is -0.301. The SMILES string of the molecule is c1ccc(CC(c2ccccc2)c2ccc(-c3ccc4c(c3)-c3c(sc5ccccc35)C43c4ccccc4-c4ccccc43)cc2)cc1. The van der Waals surface area contributed by atoms with Gasteiger partial charge in [-0.05, 0) is 79.8 Å². The highest BCUT2D eigenvalue weighted by atomic mass is 32.1. The van der Waals surface area contributed by atoms with Gasteiger partial charge >= 0.3 is 0 Å². The van der Waals surface area contributed by atoms with Gasteiger partial charge in [0.25, 0.3) is 0 Å². The molecule has 0 fully saturated rings. The predicted octanol–water partition coefficient (Wildman–Crippen LogP) is 12.3. The largest absolute Gasteiger partial charge is 0.138 e. The number of hydrogen-bond acceptors (Lipinski definition) is 1. The second kappa shape index (κ2) is 10.8. The second-order valence-electron chi connectivity index (χ2n) is 13.2. The van der Waals surface area contributed by atoms with Crippen molar-refractivity contribution in [3.05, 3.63) is 214 Å². The Hall–Kier alpha value is -5.50. The van der Waals surface area contributed by atoms with Crippen LogP contribution in [-0.4, -0.2) is 0 Å². The molecule has 7 aromatic carbocycles. The first-order valence-corrected chi connectivity index (χ1v) is 17.7. The average molecular weight is 629 g/mol. The van der Waals surface area contributed by atoms with E-state index in [9.17, 15) is 0 Å². The maximum Gasteiger partial charge on any atom is 0.0819 e. The molecule has 1 heterocycles. The lowest BCUT2D eigenvalue weighted by Gasteiger charge is -2.29. The molecule has 1 unspecified atom stereocenters. The lowest BCUT2D eigenvalue weighted by Crippen LogP contribution is -2.24. The van der Waals surface area contributed by atoms with Crippen LogP contribution >= 0.6 is 11.3 Å². The van der Waals surface area contributed by atoms with E-state index in [1.165, 1.54) is 81.7 Å². The molecule has 0 amide bonds. The Bertz CT molecular complexity index is 2420. The topological polar surface area (TPSA) is 0 Å². The van der Waals surface area contributed by atoms with E-state index in [0.29, 0.717) is 5.92 Å². The van der Waals surface area contributed by atoms with Crippen molar-refractivity contribution in [3.63, 3.8) is 0 Å². The fraction of sp³-hybridized carbons (Fsp3) is 0.0638. The molecule has 1 aromatic heterocycles. The van der Waals surface area contributed by atoms with Crippen LogP contribution in [0.3, 0.4) is 0 Å². The molecule has 0 saturated carbocycles. The molecule has 0 bridgehead atoms. The monoisotopic (exact) mass is 628 g/mol. The summed E-state index contributed by atoms with van der Waals surface area (Å²) in [5.41, 5.74) is 16.0. The molecule has 0 aliphatic heterocycles. The molecule has 0 nitrogen and oxygen atoms in total. The van der Waals surface area contributed by atoms with Gasteiger partial charge < -0.3 is 0 Å². The zero-order valence-corrected chi connectivity index (χ0v) is 27.3. The van der Waals surface area contributed by atoms with Crippen LogP contribution in [0.1, 0.15) is 44.2 Å². The summed E-state index contributed by atoms with van der Waals surface area (Å²) in [6.07, 6.45) is 0.974. The van der Waals surface area contributed by atoms with Crippen LogP contribution in [-0.2, 0) is 11.8 Å². The van der Waals surface area contributed by atoms with E-state index >= 15 is 0 Å². The van der Waals surface area contributed by atoms with Crippen LogP contribution in [0.5, 0.6) is 0 Å². The van der Waals surface area contributed by atoms with Gasteiger partial charge in [-0.1, -0.05) is 164 Å². The molecule has 1 spiro atoms. The Morgan fingerprint density at radius 2 is 1.02 bits per heavy atom. The highest BCUT2D eigenvalue weighted by Crippen LogP contribution is 2.66. The molecule has 8 aromatic rings. The molecule has 2 aliphatic carbocycles. The molecule has 0 radical (unpaired) electrons. The molecule has 0 saturated heterocycles. The summed E-state index contributed by atoms with van der Waals surface area (Å²) in [6, 6.07) is 65.6. The summed E-state index contributed by atoms with van der Waals surface area (Å²) >= 11 is 1.97. The quantitative estimate of drug-likeness (QED) is 0.178. The zero-order chi connectivity index (χ0) is 31.7. The molecule has 2 aliphatic rings. The highest BCUT2D eigenvalue weighted by Gasteiger charge is 2.53. The van der Waals surface area contributed by atoms with E-state index in [1.54, 1.807) is 0 Å². The molecule has 0 N–H and O–H groups in total. The lowest BCUT2D eigenvalue weighted by atomic mass is 9.73. The van der Waals surface area contributed by atoms with Crippen molar-refractivity contribution < 1.29 is 0 Å². The van der Waals surface area contributed by atoms with E-state index in [2.05, 4.69) is 176 Å². The Morgan fingerprint density at radius 3 is 1.75 bits per heavy atom. The number of thiophene rings is 1. The first-order chi connectivity index (χ1) is 23.8. The Morgan fingerprint density at radius 1 is 0.458 bits per heavy atom. The van der Waals surface area contributed by atoms with Gasteiger partial charge in [-0.25, -0.2) is 0 Å². The normalized spacial score (nSPS) is 14.0. The van der Waals surface area contributed by atoms with Gasteiger partial charge in [-0.15, -0.1) is 11.3 Å². The number of benzene rings is 7. The van der Waals surface area contributed by atoms with Crippen molar-refractivity contribution in [2.45, 2.75) is 17.8 Å². The minimum absolute atomic E-state index is 0.296. The summed E-state index contributed by atoms with van der Waals surface area (Å²) in [4.78, 5) is 1.45. The third-order valence-corrected chi connectivity index (χ3v) is 12.0. The average Bonchev–Trinajstić information content (AvgIpc) is 3.78. The van der Waals surface area contributed by atoms with Crippen molar-refractivity contribution in [3.8, 4) is 33.4 Å². The van der Waals surface area contributed by atoms with Crippen LogP contribution < -0.4 is 0 Å². The number of hydrogen-bond donors (Lipinski definition) is 0. The Kier molecular flexibility index (Phi) is 6.19. The van der Waals surface area contributed by atoms with Gasteiger partial charge in [0, 0.05) is 26.4 Å². The van der Waals surface area contributed by atoms with E-state index < -0.39 is 0 Å². The summed E-state index contributed by atoms with van der Waals surface area (Å²) in [6.45, 7) is 0. The third kappa shape index (κ3) is 3.95. The van der Waals surface area contributed by atoms with Gasteiger partial charge in [-0.2, -0.15) is 0 Å². The Labute approximate surface area is 285 Å². The van der Waals surface area contributed by atoms with Crippen LogP contribution in [0.2, 0.25) is 0 Å².